The zero-order valence-electron chi connectivity index (χ0n) is 9.30. The first-order valence-corrected chi connectivity index (χ1v) is 6.42. The highest BCUT2D eigenvalue weighted by Gasteiger charge is 2.21. The summed E-state index contributed by atoms with van der Waals surface area (Å²) in [5.74, 6) is -0.249. The third-order valence-electron chi connectivity index (χ3n) is 2.86. The molecule has 5 heteroatoms. The SMILES string of the molecule is O=C1NCCCC1NCc1cccc(F)c1Br. The summed E-state index contributed by atoms with van der Waals surface area (Å²) in [6, 6.07) is 4.73. The fourth-order valence-corrected chi connectivity index (χ4v) is 2.29. The third kappa shape index (κ3) is 3.04. The van der Waals surface area contributed by atoms with Crippen LogP contribution in [0.15, 0.2) is 22.7 Å². The van der Waals surface area contributed by atoms with Gasteiger partial charge in [0.1, 0.15) is 5.82 Å². The second-order valence-corrected chi connectivity index (χ2v) is 4.87. The number of hydrogen-bond donors (Lipinski definition) is 2. The maximum atomic E-state index is 13.3. The highest BCUT2D eigenvalue weighted by atomic mass is 79.9. The van der Waals surface area contributed by atoms with Gasteiger partial charge in [0.2, 0.25) is 5.91 Å². The molecule has 1 unspecified atom stereocenters. The molecule has 1 aliphatic heterocycles. The van der Waals surface area contributed by atoms with E-state index in [9.17, 15) is 9.18 Å². The van der Waals surface area contributed by atoms with Crippen LogP contribution >= 0.6 is 15.9 Å². The van der Waals surface area contributed by atoms with Gasteiger partial charge in [-0.1, -0.05) is 12.1 Å². The first-order valence-electron chi connectivity index (χ1n) is 5.62. The van der Waals surface area contributed by atoms with Gasteiger partial charge < -0.3 is 10.6 Å². The van der Waals surface area contributed by atoms with Gasteiger partial charge in [-0.15, -0.1) is 0 Å². The van der Waals surface area contributed by atoms with Crippen LogP contribution in [-0.4, -0.2) is 18.5 Å². The molecule has 0 spiro atoms. The number of piperidine rings is 1. The third-order valence-corrected chi connectivity index (χ3v) is 3.74. The van der Waals surface area contributed by atoms with Gasteiger partial charge in [0, 0.05) is 13.1 Å². The van der Waals surface area contributed by atoms with E-state index in [0.29, 0.717) is 11.0 Å². The van der Waals surface area contributed by atoms with Crippen LogP contribution in [0, 0.1) is 5.82 Å². The summed E-state index contributed by atoms with van der Waals surface area (Å²) in [6.45, 7) is 1.23. The van der Waals surface area contributed by atoms with Gasteiger partial charge in [0.15, 0.2) is 0 Å². The van der Waals surface area contributed by atoms with Gasteiger partial charge in [-0.05, 0) is 40.4 Å². The molecule has 1 atom stereocenters. The second kappa shape index (κ2) is 5.60. The lowest BCUT2D eigenvalue weighted by Crippen LogP contribution is -2.47. The van der Waals surface area contributed by atoms with Crippen LogP contribution in [0.2, 0.25) is 0 Å². The predicted molar refractivity (Wildman–Crippen MR) is 67.0 cm³/mol. The smallest absolute Gasteiger partial charge is 0.237 e. The van der Waals surface area contributed by atoms with Crippen LogP contribution < -0.4 is 10.6 Å². The number of nitrogens with one attached hydrogen (secondary N) is 2. The van der Waals surface area contributed by atoms with E-state index in [1.165, 1.54) is 6.07 Å². The number of carbonyl (C=O) groups excluding carboxylic acids is 1. The first-order chi connectivity index (χ1) is 8.18. The highest BCUT2D eigenvalue weighted by molar-refractivity contribution is 9.10. The Kier molecular flexibility index (Phi) is 4.12. The summed E-state index contributed by atoms with van der Waals surface area (Å²) in [5, 5.41) is 5.95. The average Bonchev–Trinajstić information content (AvgIpc) is 2.33. The molecule has 1 heterocycles. The molecule has 0 radical (unpaired) electrons. The van der Waals surface area contributed by atoms with Crippen molar-refractivity contribution in [2.75, 3.05) is 6.54 Å². The molecule has 1 aliphatic rings. The number of rotatable bonds is 3. The molecule has 1 fully saturated rings. The molecule has 1 aromatic carbocycles. The lowest BCUT2D eigenvalue weighted by atomic mass is 10.1. The molecule has 0 aliphatic carbocycles. The maximum Gasteiger partial charge on any atom is 0.237 e. The van der Waals surface area contributed by atoms with E-state index in [4.69, 9.17) is 0 Å². The Hall–Kier alpha value is -0.940. The second-order valence-electron chi connectivity index (χ2n) is 4.08. The van der Waals surface area contributed by atoms with Crippen molar-refractivity contribution in [2.24, 2.45) is 0 Å². The lowest BCUT2D eigenvalue weighted by molar-refractivity contribution is -0.124. The Morgan fingerprint density at radius 3 is 3.12 bits per heavy atom. The van der Waals surface area contributed by atoms with Gasteiger partial charge in [-0.2, -0.15) is 0 Å². The standard InChI is InChI=1S/C12H14BrFN2O/c13-11-8(3-1-4-9(11)14)7-16-10-5-2-6-15-12(10)17/h1,3-4,10,16H,2,5-7H2,(H,15,17). The van der Waals surface area contributed by atoms with Crippen molar-refractivity contribution < 1.29 is 9.18 Å². The van der Waals surface area contributed by atoms with Crippen LogP contribution in [0.25, 0.3) is 0 Å². The zero-order chi connectivity index (χ0) is 12.3. The topological polar surface area (TPSA) is 41.1 Å². The molecule has 17 heavy (non-hydrogen) atoms. The van der Waals surface area contributed by atoms with Crippen LogP contribution in [0.5, 0.6) is 0 Å². The Labute approximate surface area is 108 Å². The molecule has 1 aromatic rings. The molecule has 1 saturated heterocycles. The van der Waals surface area contributed by atoms with Crippen molar-refractivity contribution in [3.05, 3.63) is 34.1 Å². The van der Waals surface area contributed by atoms with Gasteiger partial charge in [0.05, 0.1) is 10.5 Å². The number of carbonyl (C=O) groups is 1. The minimum atomic E-state index is -0.280. The van der Waals surface area contributed by atoms with Crippen molar-refractivity contribution in [2.45, 2.75) is 25.4 Å². The van der Waals surface area contributed by atoms with E-state index in [1.54, 1.807) is 6.07 Å². The number of benzene rings is 1. The predicted octanol–water partition coefficient (Wildman–Crippen LogP) is 1.96. The van der Waals surface area contributed by atoms with Crippen LogP contribution in [0.4, 0.5) is 4.39 Å². The van der Waals surface area contributed by atoms with Crippen molar-refractivity contribution in [1.29, 1.82) is 0 Å². The largest absolute Gasteiger partial charge is 0.355 e. The molecule has 0 bridgehead atoms. The normalized spacial score (nSPS) is 20.1. The van der Waals surface area contributed by atoms with Crippen LogP contribution in [-0.2, 0) is 11.3 Å². The highest BCUT2D eigenvalue weighted by Crippen LogP contribution is 2.20. The summed E-state index contributed by atoms with van der Waals surface area (Å²) in [5.41, 5.74) is 0.823. The fourth-order valence-electron chi connectivity index (χ4n) is 1.88. The van der Waals surface area contributed by atoms with Crippen molar-refractivity contribution in [3.8, 4) is 0 Å². The molecule has 1 amide bonds. The maximum absolute atomic E-state index is 13.3. The van der Waals surface area contributed by atoms with Crippen molar-refractivity contribution >= 4 is 21.8 Å². The summed E-state index contributed by atoms with van der Waals surface area (Å²) in [6.07, 6.45) is 1.81. The summed E-state index contributed by atoms with van der Waals surface area (Å²) in [4.78, 5) is 11.5. The lowest BCUT2D eigenvalue weighted by Gasteiger charge is -2.23. The van der Waals surface area contributed by atoms with E-state index in [2.05, 4.69) is 26.6 Å². The van der Waals surface area contributed by atoms with Crippen LogP contribution in [0.1, 0.15) is 18.4 Å². The Bertz CT molecular complexity index is 425. The zero-order valence-corrected chi connectivity index (χ0v) is 10.9. The quantitative estimate of drug-likeness (QED) is 0.896. The monoisotopic (exact) mass is 300 g/mol. The van der Waals surface area contributed by atoms with E-state index >= 15 is 0 Å². The van der Waals surface area contributed by atoms with Crippen LogP contribution in [0.3, 0.4) is 0 Å². The average molecular weight is 301 g/mol. The summed E-state index contributed by atoms with van der Waals surface area (Å²) < 4.78 is 13.7. The molecule has 2 rings (SSSR count). The van der Waals surface area contributed by atoms with E-state index < -0.39 is 0 Å². The Balaban J connectivity index is 1.97. The Morgan fingerprint density at radius 1 is 1.53 bits per heavy atom. The Morgan fingerprint density at radius 2 is 2.35 bits per heavy atom. The summed E-state index contributed by atoms with van der Waals surface area (Å²) in [7, 11) is 0. The molecule has 0 aromatic heterocycles. The minimum absolute atomic E-state index is 0.0313. The van der Waals surface area contributed by atoms with Gasteiger partial charge in [-0.3, -0.25) is 4.79 Å². The minimum Gasteiger partial charge on any atom is -0.355 e. The molecular formula is C12H14BrFN2O. The first kappa shape index (κ1) is 12.5. The summed E-state index contributed by atoms with van der Waals surface area (Å²) >= 11 is 3.20. The molecular weight excluding hydrogens is 287 g/mol. The van der Waals surface area contributed by atoms with Gasteiger partial charge >= 0.3 is 0 Å². The molecule has 3 nitrogen and oxygen atoms in total. The number of amides is 1. The number of hydrogen-bond acceptors (Lipinski definition) is 2. The van der Waals surface area contributed by atoms with E-state index in [0.717, 1.165) is 24.9 Å². The van der Waals surface area contributed by atoms with Gasteiger partial charge in [-0.25, -0.2) is 4.39 Å². The molecule has 2 N–H and O–H groups in total. The molecule has 92 valence electrons. The van der Waals surface area contributed by atoms with E-state index in [-0.39, 0.29) is 17.8 Å². The molecule has 0 saturated carbocycles. The van der Waals surface area contributed by atoms with Crippen molar-refractivity contribution in [3.63, 3.8) is 0 Å². The van der Waals surface area contributed by atoms with E-state index in [1.807, 2.05) is 6.07 Å². The number of halogens is 2. The van der Waals surface area contributed by atoms with Gasteiger partial charge in [0.25, 0.3) is 0 Å². The fraction of sp³-hybridized carbons (Fsp3) is 0.417. The van der Waals surface area contributed by atoms with Crippen molar-refractivity contribution in [1.82, 2.24) is 10.6 Å².